The molecule has 1 aliphatic heterocycles. The maximum absolute atomic E-state index is 13.9. The Hall–Kier alpha value is -2.49. The smallest absolute Gasteiger partial charge is 0.376 e. The molecule has 1 unspecified atom stereocenters. The summed E-state index contributed by atoms with van der Waals surface area (Å²) in [7, 11) is 0. The van der Waals surface area contributed by atoms with Crippen LogP contribution in [0.1, 0.15) is 11.3 Å². The number of benzene rings is 1. The van der Waals surface area contributed by atoms with Gasteiger partial charge in [0.1, 0.15) is 11.5 Å². The number of halogens is 5. The van der Waals surface area contributed by atoms with Crippen LogP contribution in [-0.2, 0) is 17.8 Å². The van der Waals surface area contributed by atoms with Crippen LogP contribution in [0.2, 0.25) is 0 Å². The second kappa shape index (κ2) is 6.10. The van der Waals surface area contributed by atoms with Crippen LogP contribution < -0.4 is 0 Å². The van der Waals surface area contributed by atoms with E-state index in [0.717, 1.165) is 11.0 Å². The fourth-order valence-electron chi connectivity index (χ4n) is 2.69. The third-order valence-electron chi connectivity index (χ3n) is 3.93. The first kappa shape index (κ1) is 17.3. The molecule has 0 aliphatic carbocycles. The van der Waals surface area contributed by atoms with E-state index in [1.807, 2.05) is 0 Å². The minimum Gasteiger partial charge on any atom is -0.376 e. The first-order valence-electron chi connectivity index (χ1n) is 7.23. The van der Waals surface area contributed by atoms with Gasteiger partial charge in [-0.3, -0.25) is 4.79 Å². The standard InChI is InChI=1S/C15H12F5N3O2/c16-9-1-2-12(10(17)5-9)23-11-3-4-22(7-8(11)6-21-23)14(25)13(24)15(18,19)20/h1-2,5-6,13,24H,3-4,7H2. The maximum atomic E-state index is 13.9. The number of carbonyl (C=O) groups is 1. The Bertz CT molecular complexity index is 818. The van der Waals surface area contributed by atoms with Gasteiger partial charge in [-0.1, -0.05) is 0 Å². The number of hydrogen-bond acceptors (Lipinski definition) is 3. The Morgan fingerprint density at radius 1 is 1.28 bits per heavy atom. The average Bonchev–Trinajstić information content (AvgIpc) is 2.95. The van der Waals surface area contributed by atoms with Gasteiger partial charge in [-0.25, -0.2) is 13.5 Å². The summed E-state index contributed by atoms with van der Waals surface area (Å²) >= 11 is 0. The summed E-state index contributed by atoms with van der Waals surface area (Å²) in [5.74, 6) is -3.03. The summed E-state index contributed by atoms with van der Waals surface area (Å²) < 4.78 is 65.5. The number of alkyl halides is 3. The van der Waals surface area contributed by atoms with Crippen molar-refractivity contribution in [1.29, 1.82) is 0 Å². The zero-order valence-corrected chi connectivity index (χ0v) is 12.6. The normalized spacial score (nSPS) is 15.8. The summed E-state index contributed by atoms with van der Waals surface area (Å²) in [6.45, 7) is -0.280. The van der Waals surface area contributed by atoms with Crippen molar-refractivity contribution < 1.29 is 31.9 Å². The molecule has 0 saturated heterocycles. The molecular weight excluding hydrogens is 349 g/mol. The average molecular weight is 361 g/mol. The van der Waals surface area contributed by atoms with Gasteiger partial charge in [0.05, 0.1) is 11.9 Å². The Kier molecular flexibility index (Phi) is 4.23. The van der Waals surface area contributed by atoms with Crippen molar-refractivity contribution in [1.82, 2.24) is 14.7 Å². The third-order valence-corrected chi connectivity index (χ3v) is 3.93. The quantitative estimate of drug-likeness (QED) is 0.832. The van der Waals surface area contributed by atoms with Crippen molar-refractivity contribution in [2.75, 3.05) is 6.54 Å². The van der Waals surface area contributed by atoms with E-state index in [4.69, 9.17) is 5.11 Å². The molecule has 5 nitrogen and oxygen atoms in total. The molecule has 1 aromatic carbocycles. The van der Waals surface area contributed by atoms with E-state index in [-0.39, 0.29) is 25.2 Å². The van der Waals surface area contributed by atoms with Crippen molar-refractivity contribution in [3.63, 3.8) is 0 Å². The van der Waals surface area contributed by atoms with Gasteiger partial charge in [0, 0.05) is 31.1 Å². The number of carbonyl (C=O) groups excluding carboxylic acids is 1. The number of aromatic nitrogens is 2. The van der Waals surface area contributed by atoms with Crippen molar-refractivity contribution in [2.24, 2.45) is 0 Å². The molecule has 0 fully saturated rings. The monoisotopic (exact) mass is 361 g/mol. The molecule has 1 amide bonds. The molecule has 0 radical (unpaired) electrons. The second-order valence-corrected chi connectivity index (χ2v) is 5.58. The summed E-state index contributed by atoms with van der Waals surface area (Å²) in [5.41, 5.74) is 0.937. The molecule has 0 bridgehead atoms. The highest BCUT2D eigenvalue weighted by Gasteiger charge is 2.46. The molecule has 0 saturated carbocycles. The van der Waals surface area contributed by atoms with Crippen LogP contribution in [0.5, 0.6) is 0 Å². The molecule has 1 N–H and O–H groups in total. The van der Waals surface area contributed by atoms with Gasteiger partial charge in [0.25, 0.3) is 5.91 Å². The largest absolute Gasteiger partial charge is 0.423 e. The van der Waals surface area contributed by atoms with Gasteiger partial charge in [-0.2, -0.15) is 18.3 Å². The van der Waals surface area contributed by atoms with Crippen molar-refractivity contribution in [2.45, 2.75) is 25.2 Å². The molecule has 1 atom stereocenters. The lowest BCUT2D eigenvalue weighted by atomic mass is 10.1. The molecular formula is C15H12F5N3O2. The second-order valence-electron chi connectivity index (χ2n) is 5.58. The fourth-order valence-corrected chi connectivity index (χ4v) is 2.69. The molecule has 2 heterocycles. The van der Waals surface area contributed by atoms with Crippen LogP contribution in [0.25, 0.3) is 5.69 Å². The number of aliphatic hydroxyl groups is 1. The van der Waals surface area contributed by atoms with Gasteiger partial charge in [0.2, 0.25) is 6.10 Å². The van der Waals surface area contributed by atoms with Crippen molar-refractivity contribution >= 4 is 5.91 Å². The van der Waals surface area contributed by atoms with E-state index in [2.05, 4.69) is 5.10 Å². The summed E-state index contributed by atoms with van der Waals surface area (Å²) in [6.07, 6.45) is -6.71. The van der Waals surface area contributed by atoms with Crippen LogP contribution in [0.4, 0.5) is 22.0 Å². The Balaban J connectivity index is 1.85. The first-order chi connectivity index (χ1) is 11.7. The molecule has 0 spiro atoms. The lowest BCUT2D eigenvalue weighted by molar-refractivity contribution is -0.211. The molecule has 1 aliphatic rings. The van der Waals surface area contributed by atoms with Gasteiger partial charge in [-0.05, 0) is 12.1 Å². The lowest BCUT2D eigenvalue weighted by Crippen LogP contribution is -2.48. The van der Waals surface area contributed by atoms with E-state index >= 15 is 0 Å². The van der Waals surface area contributed by atoms with Gasteiger partial charge < -0.3 is 10.0 Å². The Labute approximate surface area is 138 Å². The number of fused-ring (bicyclic) bond motifs is 1. The molecule has 1 aromatic heterocycles. The Morgan fingerprint density at radius 3 is 2.64 bits per heavy atom. The zero-order valence-electron chi connectivity index (χ0n) is 12.6. The van der Waals surface area contributed by atoms with Crippen LogP contribution >= 0.6 is 0 Å². The number of hydrogen-bond donors (Lipinski definition) is 1. The predicted octanol–water partition coefficient (Wildman–Crippen LogP) is 1.96. The molecule has 3 rings (SSSR count). The van der Waals surface area contributed by atoms with Crippen LogP contribution in [0.15, 0.2) is 24.4 Å². The first-order valence-corrected chi connectivity index (χ1v) is 7.23. The van der Waals surface area contributed by atoms with E-state index in [1.165, 1.54) is 16.9 Å². The van der Waals surface area contributed by atoms with Crippen LogP contribution in [0, 0.1) is 11.6 Å². The topological polar surface area (TPSA) is 58.4 Å². The number of rotatable bonds is 2. The summed E-state index contributed by atoms with van der Waals surface area (Å²) in [5, 5.41) is 13.1. The van der Waals surface area contributed by atoms with Crippen molar-refractivity contribution in [3.8, 4) is 5.69 Å². The zero-order chi connectivity index (χ0) is 18.4. The molecule has 25 heavy (non-hydrogen) atoms. The minimum atomic E-state index is -5.04. The molecule has 134 valence electrons. The van der Waals surface area contributed by atoms with Gasteiger partial charge >= 0.3 is 6.18 Å². The molecule has 10 heteroatoms. The summed E-state index contributed by atoms with van der Waals surface area (Å²) in [6, 6.07) is 2.95. The van der Waals surface area contributed by atoms with Crippen molar-refractivity contribution in [3.05, 3.63) is 47.3 Å². The highest BCUT2D eigenvalue weighted by Crippen LogP contribution is 2.27. The highest BCUT2D eigenvalue weighted by molar-refractivity contribution is 5.81. The van der Waals surface area contributed by atoms with Crippen LogP contribution in [0.3, 0.4) is 0 Å². The number of nitrogens with zero attached hydrogens (tertiary/aromatic N) is 3. The number of amides is 1. The minimum absolute atomic E-state index is 0.00208. The third kappa shape index (κ3) is 3.21. The van der Waals surface area contributed by atoms with E-state index in [9.17, 15) is 26.7 Å². The SMILES string of the molecule is O=C(C(O)C(F)(F)F)N1CCc2c(cnn2-c2ccc(F)cc2F)C1. The number of aliphatic hydroxyl groups excluding tert-OH is 1. The van der Waals surface area contributed by atoms with Gasteiger partial charge in [-0.15, -0.1) is 0 Å². The Morgan fingerprint density at radius 2 is 2.00 bits per heavy atom. The fraction of sp³-hybridized carbons (Fsp3) is 0.333. The summed E-state index contributed by atoms with van der Waals surface area (Å²) in [4.78, 5) is 12.6. The maximum Gasteiger partial charge on any atom is 0.423 e. The van der Waals surface area contributed by atoms with E-state index in [1.54, 1.807) is 0 Å². The van der Waals surface area contributed by atoms with Crippen LogP contribution in [-0.4, -0.2) is 44.5 Å². The highest BCUT2D eigenvalue weighted by atomic mass is 19.4. The lowest BCUT2D eigenvalue weighted by Gasteiger charge is -2.29. The van der Waals surface area contributed by atoms with E-state index < -0.39 is 29.8 Å². The van der Waals surface area contributed by atoms with E-state index in [0.29, 0.717) is 17.3 Å². The predicted molar refractivity (Wildman–Crippen MR) is 74.7 cm³/mol. The molecule has 2 aromatic rings. The van der Waals surface area contributed by atoms with Gasteiger partial charge in [0.15, 0.2) is 5.82 Å².